The van der Waals surface area contributed by atoms with Crippen molar-refractivity contribution in [3.63, 3.8) is 0 Å². The van der Waals surface area contributed by atoms with E-state index in [1.165, 1.54) is 11.8 Å². The minimum absolute atomic E-state index is 0.0491. The lowest BCUT2D eigenvalue weighted by Crippen LogP contribution is -2.38. The highest BCUT2D eigenvalue weighted by molar-refractivity contribution is 7.86. The summed E-state index contributed by atoms with van der Waals surface area (Å²) >= 11 is 0. The molecule has 0 saturated carbocycles. The molecule has 0 spiro atoms. The van der Waals surface area contributed by atoms with Crippen molar-refractivity contribution in [1.29, 1.82) is 0 Å². The predicted octanol–water partition coefficient (Wildman–Crippen LogP) is 6.51. The molecule has 2 aromatic heterocycles. The van der Waals surface area contributed by atoms with Crippen molar-refractivity contribution in [3.8, 4) is 11.8 Å². The number of fused-ring (bicyclic) bond motifs is 2. The molecule has 1 aliphatic rings. The number of rotatable bonds is 19. The minimum Gasteiger partial charge on any atom is -0.492 e. The average molecular weight is 855 g/mol. The van der Waals surface area contributed by atoms with E-state index in [1.807, 2.05) is 41.0 Å². The third kappa shape index (κ3) is 10.4. The zero-order valence-corrected chi connectivity index (χ0v) is 33.1. The molecule has 5 rings (SSSR count). The van der Waals surface area contributed by atoms with E-state index in [4.69, 9.17) is 4.84 Å². The average Bonchev–Trinajstić information content (AvgIpc) is 3.60. The zero-order chi connectivity index (χ0) is 42.4. The van der Waals surface area contributed by atoms with Crippen LogP contribution in [0, 0.1) is 23.3 Å². The molecule has 58 heavy (non-hydrogen) atoms. The fraction of sp³-hybridized carbons (Fsp3) is 0.385. The number of benzene rings is 2. The monoisotopic (exact) mass is 854 g/mol. The number of hydrogen-bond acceptors (Lipinski definition) is 9. The normalized spacial score (nSPS) is 16.5. The number of aromatic hydroxyl groups is 2. The molecular formula is C39H44F4N3O10S2+. The summed E-state index contributed by atoms with van der Waals surface area (Å²) in [5.74, 6) is -10.1. The first-order valence-corrected chi connectivity index (χ1v) is 21.7. The van der Waals surface area contributed by atoms with Crippen molar-refractivity contribution < 1.29 is 67.9 Å². The molecule has 4 N–H and O–H groups in total. The number of halogens is 4. The Hall–Kier alpha value is -4.98. The van der Waals surface area contributed by atoms with Crippen LogP contribution >= 0.6 is 0 Å². The number of carbonyl (C=O) groups excluding carboxylic acids is 1. The second kappa shape index (κ2) is 18.3. The van der Waals surface area contributed by atoms with E-state index in [9.17, 15) is 49.7 Å². The van der Waals surface area contributed by atoms with Gasteiger partial charge >= 0.3 is 5.97 Å². The van der Waals surface area contributed by atoms with Gasteiger partial charge < -0.3 is 20.0 Å². The Morgan fingerprint density at radius 1 is 0.793 bits per heavy atom. The van der Waals surface area contributed by atoms with Crippen molar-refractivity contribution in [2.45, 2.75) is 76.7 Å². The molecule has 1 atom stereocenters. The topological polar surface area (TPSA) is 188 Å². The quantitative estimate of drug-likeness (QED) is 0.0201. The van der Waals surface area contributed by atoms with Gasteiger partial charge in [-0.2, -0.15) is 21.4 Å². The molecule has 2 aromatic carbocycles. The van der Waals surface area contributed by atoms with Gasteiger partial charge in [0.05, 0.1) is 17.2 Å². The molecule has 4 aromatic rings. The molecular weight excluding hydrogens is 811 g/mol. The van der Waals surface area contributed by atoms with Gasteiger partial charge in [-0.05, 0) is 57.2 Å². The molecule has 0 saturated heterocycles. The second-order valence-electron chi connectivity index (χ2n) is 14.2. The first kappa shape index (κ1) is 44.1. The number of aryl methyl sites for hydroxylation is 1. The molecule has 0 aliphatic carbocycles. The van der Waals surface area contributed by atoms with Crippen LogP contribution in [0.4, 0.5) is 23.2 Å². The summed E-state index contributed by atoms with van der Waals surface area (Å²) in [6, 6.07) is 13.4. The van der Waals surface area contributed by atoms with Crippen molar-refractivity contribution in [3.05, 3.63) is 101 Å². The molecule has 13 nitrogen and oxygen atoms in total. The Morgan fingerprint density at radius 2 is 1.43 bits per heavy atom. The van der Waals surface area contributed by atoms with Crippen LogP contribution < -0.4 is 14.3 Å². The molecule has 1 aliphatic heterocycles. The van der Waals surface area contributed by atoms with Crippen LogP contribution in [0.25, 0.3) is 17.0 Å². The van der Waals surface area contributed by atoms with Crippen LogP contribution in [0.2, 0.25) is 0 Å². The Labute approximate surface area is 332 Å². The molecule has 0 bridgehead atoms. The predicted molar refractivity (Wildman–Crippen MR) is 206 cm³/mol. The molecule has 0 radical (unpaired) electrons. The highest BCUT2D eigenvalue weighted by Gasteiger charge is 2.49. The molecule has 314 valence electrons. The highest BCUT2D eigenvalue weighted by atomic mass is 32.2. The lowest BCUT2D eigenvalue weighted by Gasteiger charge is -2.30. The van der Waals surface area contributed by atoms with Crippen molar-refractivity contribution in [2.75, 3.05) is 23.0 Å². The van der Waals surface area contributed by atoms with E-state index >= 15 is 8.78 Å². The zero-order valence-electron chi connectivity index (χ0n) is 31.5. The van der Waals surface area contributed by atoms with Gasteiger partial charge in [-0.1, -0.05) is 31.1 Å². The van der Waals surface area contributed by atoms with E-state index < -0.39 is 89.4 Å². The first-order valence-electron chi connectivity index (χ1n) is 18.5. The van der Waals surface area contributed by atoms with Crippen LogP contribution in [0.1, 0.15) is 76.0 Å². The number of nitrogens with zero attached hydrogens (tertiary/aromatic N) is 3. The van der Waals surface area contributed by atoms with E-state index in [1.54, 1.807) is 18.2 Å². The largest absolute Gasteiger partial charge is 0.492 e. The number of pyridine rings is 1. The molecule has 1 unspecified atom stereocenters. The number of unbranched alkanes of at least 4 members (excludes halogenated alkanes) is 4. The maximum atomic E-state index is 15.9. The van der Waals surface area contributed by atoms with Gasteiger partial charge in [-0.25, -0.2) is 22.4 Å². The van der Waals surface area contributed by atoms with Crippen molar-refractivity contribution in [1.82, 2.24) is 4.73 Å². The number of allylic oxidation sites excluding steroid dienone is 3. The third-order valence-corrected chi connectivity index (χ3v) is 11.6. The number of anilines is 1. The summed E-state index contributed by atoms with van der Waals surface area (Å²) in [6.07, 6.45) is 5.89. The third-order valence-electron chi connectivity index (χ3n) is 10.0. The van der Waals surface area contributed by atoms with Gasteiger partial charge in [0.25, 0.3) is 20.2 Å². The smallest absolute Gasteiger partial charge is 0.333 e. The van der Waals surface area contributed by atoms with Gasteiger partial charge in [0.2, 0.25) is 23.0 Å². The fourth-order valence-electron chi connectivity index (χ4n) is 7.27. The summed E-state index contributed by atoms with van der Waals surface area (Å²) in [5.41, 5.74) is -0.869. The lowest BCUT2D eigenvalue weighted by atomic mass is 9.76. The summed E-state index contributed by atoms with van der Waals surface area (Å²) in [5, 5.41) is 20.3. The SMILES string of the molecule is CC1(CCCCS(=O)(=O)O)C(=CC=Cc2ccc3ccccc3[n+]2CCCCS(=O)(=O)O)N(CCCCCC(=O)On2c(O)ccc2O)c2c(F)c(F)c(F)c(F)c21. The van der Waals surface area contributed by atoms with E-state index in [2.05, 4.69) is 0 Å². The van der Waals surface area contributed by atoms with Crippen LogP contribution in [-0.4, -0.2) is 64.9 Å². The Balaban J connectivity index is 1.49. The first-order chi connectivity index (χ1) is 27.3. The molecule has 0 amide bonds. The van der Waals surface area contributed by atoms with Gasteiger partial charge in [-0.15, -0.1) is 4.73 Å². The number of hydrogen-bond donors (Lipinski definition) is 4. The molecule has 3 heterocycles. The van der Waals surface area contributed by atoms with Gasteiger partial charge in [0.1, 0.15) is 6.54 Å². The fourth-order valence-corrected chi connectivity index (χ4v) is 8.41. The summed E-state index contributed by atoms with van der Waals surface area (Å²) in [7, 11) is -8.52. The summed E-state index contributed by atoms with van der Waals surface area (Å²) in [4.78, 5) is 18.7. The number of carbonyl (C=O) groups is 1. The Morgan fingerprint density at radius 3 is 2.10 bits per heavy atom. The van der Waals surface area contributed by atoms with Gasteiger partial charge in [0.15, 0.2) is 23.3 Å². The highest BCUT2D eigenvalue weighted by Crippen LogP contribution is 2.54. The molecule has 19 heteroatoms. The van der Waals surface area contributed by atoms with Crippen LogP contribution in [0.15, 0.2) is 66.4 Å². The van der Waals surface area contributed by atoms with E-state index in [0.29, 0.717) is 29.8 Å². The van der Waals surface area contributed by atoms with Crippen LogP contribution in [0.3, 0.4) is 0 Å². The van der Waals surface area contributed by atoms with Crippen molar-refractivity contribution >= 4 is 48.9 Å². The van der Waals surface area contributed by atoms with E-state index in [0.717, 1.165) is 23.0 Å². The molecule has 0 fully saturated rings. The Bertz CT molecular complexity index is 2440. The van der Waals surface area contributed by atoms with Crippen molar-refractivity contribution in [2.24, 2.45) is 0 Å². The number of para-hydroxylation sites is 1. The minimum atomic E-state index is -4.36. The van der Waals surface area contributed by atoms with Gasteiger partial charge in [-0.3, -0.25) is 9.11 Å². The Kier molecular flexibility index (Phi) is 13.9. The summed E-state index contributed by atoms with van der Waals surface area (Å²) < 4.78 is 128. The van der Waals surface area contributed by atoms with E-state index in [-0.39, 0.29) is 57.2 Å². The van der Waals surface area contributed by atoms with Gasteiger partial charge in [0, 0.05) is 71.8 Å². The standard InChI is InChI=1S/C39H43F4N3O10S2/c1-39(21-6-9-24-57(50,51)52)29(15-11-13-27-18-17-26-12-4-5-14-28(26)44(27)22-8-10-25-58(53,54)55)45(38-33(39)34(40)35(41)36(42)37(38)43)23-7-2-3-16-32(49)56-46-30(47)19-20-31(46)48/h4-5,11-15,17-20H,2-3,6-10,16,21-25H2,1H3,(H3-,47,48,50,51,52,53,54,55)/p+1. The lowest BCUT2D eigenvalue weighted by molar-refractivity contribution is -0.673. The maximum absolute atomic E-state index is 15.9. The van der Waals surface area contributed by atoms with Crippen LogP contribution in [0.5, 0.6) is 11.8 Å². The maximum Gasteiger partial charge on any atom is 0.333 e. The van der Waals surface area contributed by atoms with Crippen LogP contribution in [-0.2, 0) is 37.0 Å². The second-order valence-corrected chi connectivity index (χ2v) is 17.3. The summed E-state index contributed by atoms with van der Waals surface area (Å²) in [6.45, 7) is 1.80. The number of aromatic nitrogens is 2.